The van der Waals surface area contributed by atoms with Gasteiger partial charge in [0.25, 0.3) is 5.91 Å². The van der Waals surface area contributed by atoms with E-state index >= 15 is 0 Å². The zero-order valence-corrected chi connectivity index (χ0v) is 10.9. The highest BCUT2D eigenvalue weighted by Gasteiger charge is 2.23. The number of hydrogen-bond acceptors (Lipinski definition) is 3. The molecule has 1 aromatic rings. The normalized spacial score (nSPS) is 11.6. The van der Waals surface area contributed by atoms with Crippen molar-refractivity contribution in [2.75, 3.05) is 6.54 Å². The third-order valence-corrected chi connectivity index (χ3v) is 3.15. The number of aliphatic hydroxyl groups is 1. The Labute approximate surface area is 102 Å². The van der Waals surface area contributed by atoms with Crippen LogP contribution < -0.4 is 5.32 Å². The summed E-state index contributed by atoms with van der Waals surface area (Å²) < 4.78 is 1.61. The summed E-state index contributed by atoms with van der Waals surface area (Å²) in [5.74, 6) is -0.184. The molecule has 0 saturated carbocycles. The summed E-state index contributed by atoms with van der Waals surface area (Å²) in [5.41, 5.74) is 0.440. The molecule has 0 atom stereocenters. The first-order valence-corrected chi connectivity index (χ1v) is 5.92. The average molecular weight is 239 g/mol. The zero-order chi connectivity index (χ0) is 13.1. The maximum Gasteiger partial charge on any atom is 0.254 e. The maximum absolute atomic E-state index is 11.9. The van der Waals surface area contributed by atoms with Gasteiger partial charge in [-0.15, -0.1) is 0 Å². The van der Waals surface area contributed by atoms with Crippen LogP contribution in [0.25, 0.3) is 0 Å². The van der Waals surface area contributed by atoms with Gasteiger partial charge >= 0.3 is 0 Å². The van der Waals surface area contributed by atoms with Gasteiger partial charge in [-0.1, -0.05) is 13.8 Å². The minimum Gasteiger partial charge on any atom is -0.388 e. The predicted molar refractivity (Wildman–Crippen MR) is 65.8 cm³/mol. The highest BCUT2D eigenvalue weighted by Crippen LogP contribution is 2.13. The van der Waals surface area contributed by atoms with Crippen molar-refractivity contribution in [2.24, 2.45) is 7.05 Å². The Morgan fingerprint density at radius 3 is 2.53 bits per heavy atom. The summed E-state index contributed by atoms with van der Waals surface area (Å²) in [7, 11) is 1.78. The third-order valence-electron chi connectivity index (χ3n) is 3.15. The standard InChI is InChI=1S/C12H21N3O2/c1-5-12(17,6-2)8-13-11(16)10-7-15(4)14-9(10)3/h7,17H,5-6,8H2,1-4H3,(H,13,16). The first-order chi connectivity index (χ1) is 7.91. The van der Waals surface area contributed by atoms with Crippen molar-refractivity contribution in [1.82, 2.24) is 15.1 Å². The number of nitrogens with one attached hydrogen (secondary N) is 1. The number of carbonyl (C=O) groups is 1. The molecule has 5 heteroatoms. The molecule has 1 heterocycles. The van der Waals surface area contributed by atoms with Gasteiger partial charge in [-0.05, 0) is 19.8 Å². The number of aryl methyl sites for hydroxylation is 2. The zero-order valence-electron chi connectivity index (χ0n) is 10.9. The minimum absolute atomic E-state index is 0.184. The second-order valence-electron chi connectivity index (χ2n) is 4.42. The number of amides is 1. The first-order valence-electron chi connectivity index (χ1n) is 5.92. The van der Waals surface area contributed by atoms with Crippen LogP contribution in [0, 0.1) is 6.92 Å². The quantitative estimate of drug-likeness (QED) is 0.806. The molecule has 1 amide bonds. The van der Waals surface area contributed by atoms with Crippen LogP contribution in [0.1, 0.15) is 42.7 Å². The van der Waals surface area contributed by atoms with Gasteiger partial charge in [0.15, 0.2) is 0 Å². The molecular formula is C12H21N3O2. The Kier molecular flexibility index (Phi) is 4.28. The lowest BCUT2D eigenvalue weighted by Gasteiger charge is -2.25. The lowest BCUT2D eigenvalue weighted by atomic mass is 9.97. The van der Waals surface area contributed by atoms with Crippen LogP contribution in [0.5, 0.6) is 0 Å². The van der Waals surface area contributed by atoms with Gasteiger partial charge in [0.05, 0.1) is 16.9 Å². The summed E-state index contributed by atoms with van der Waals surface area (Å²) in [6.07, 6.45) is 2.92. The van der Waals surface area contributed by atoms with Crippen LogP contribution in [0.15, 0.2) is 6.20 Å². The molecule has 17 heavy (non-hydrogen) atoms. The van der Waals surface area contributed by atoms with Gasteiger partial charge in [-0.25, -0.2) is 0 Å². The van der Waals surface area contributed by atoms with Crippen molar-refractivity contribution in [3.63, 3.8) is 0 Å². The van der Waals surface area contributed by atoms with Crippen molar-refractivity contribution >= 4 is 5.91 Å². The van der Waals surface area contributed by atoms with Crippen LogP contribution in [-0.4, -0.2) is 32.9 Å². The van der Waals surface area contributed by atoms with Crippen LogP contribution in [-0.2, 0) is 7.05 Å². The Bertz CT molecular complexity index is 394. The van der Waals surface area contributed by atoms with Crippen LogP contribution >= 0.6 is 0 Å². The molecule has 0 fully saturated rings. The van der Waals surface area contributed by atoms with E-state index in [0.717, 1.165) is 0 Å². The third kappa shape index (κ3) is 3.30. The fraction of sp³-hybridized carbons (Fsp3) is 0.667. The molecule has 0 radical (unpaired) electrons. The van der Waals surface area contributed by atoms with E-state index in [1.165, 1.54) is 0 Å². The van der Waals surface area contributed by atoms with Gasteiger partial charge in [0, 0.05) is 19.8 Å². The summed E-state index contributed by atoms with van der Waals surface area (Å²) in [4.78, 5) is 11.9. The van der Waals surface area contributed by atoms with Gasteiger partial charge in [-0.3, -0.25) is 9.48 Å². The van der Waals surface area contributed by atoms with Crippen molar-refractivity contribution in [3.8, 4) is 0 Å². The first kappa shape index (κ1) is 13.7. The molecule has 0 bridgehead atoms. The van der Waals surface area contributed by atoms with E-state index in [0.29, 0.717) is 24.1 Å². The highest BCUT2D eigenvalue weighted by atomic mass is 16.3. The lowest BCUT2D eigenvalue weighted by molar-refractivity contribution is 0.0314. The van der Waals surface area contributed by atoms with Crippen molar-refractivity contribution in [1.29, 1.82) is 0 Å². The molecule has 96 valence electrons. The highest BCUT2D eigenvalue weighted by molar-refractivity contribution is 5.95. The molecule has 0 aliphatic carbocycles. The molecular weight excluding hydrogens is 218 g/mol. The Morgan fingerprint density at radius 1 is 1.53 bits per heavy atom. The number of rotatable bonds is 5. The minimum atomic E-state index is -0.814. The topological polar surface area (TPSA) is 67.2 Å². The van der Waals surface area contributed by atoms with E-state index in [1.807, 2.05) is 13.8 Å². The Balaban J connectivity index is 2.65. The molecule has 0 aliphatic heterocycles. The average Bonchev–Trinajstić information content (AvgIpc) is 2.65. The van der Waals surface area contributed by atoms with E-state index < -0.39 is 5.60 Å². The summed E-state index contributed by atoms with van der Waals surface area (Å²) >= 11 is 0. The van der Waals surface area contributed by atoms with E-state index in [2.05, 4.69) is 10.4 Å². The van der Waals surface area contributed by atoms with Crippen LogP contribution in [0.3, 0.4) is 0 Å². The van der Waals surface area contributed by atoms with Gasteiger partial charge in [0.2, 0.25) is 0 Å². The lowest BCUT2D eigenvalue weighted by Crippen LogP contribution is -2.42. The molecule has 1 rings (SSSR count). The number of carbonyl (C=O) groups excluding carboxylic acids is 1. The molecule has 2 N–H and O–H groups in total. The number of aromatic nitrogens is 2. The summed E-state index contributed by atoms with van der Waals surface area (Å²) in [6, 6.07) is 0. The second-order valence-corrected chi connectivity index (χ2v) is 4.42. The largest absolute Gasteiger partial charge is 0.388 e. The second kappa shape index (κ2) is 5.31. The molecule has 5 nitrogen and oxygen atoms in total. The van der Waals surface area contributed by atoms with Crippen LogP contribution in [0.4, 0.5) is 0 Å². The fourth-order valence-corrected chi connectivity index (χ4v) is 1.66. The number of nitrogens with zero attached hydrogens (tertiary/aromatic N) is 2. The number of hydrogen-bond donors (Lipinski definition) is 2. The van der Waals surface area contributed by atoms with Gasteiger partial charge in [0.1, 0.15) is 0 Å². The van der Waals surface area contributed by atoms with E-state index in [9.17, 15) is 9.90 Å². The monoisotopic (exact) mass is 239 g/mol. The van der Waals surface area contributed by atoms with Crippen molar-refractivity contribution in [2.45, 2.75) is 39.2 Å². The van der Waals surface area contributed by atoms with Crippen molar-refractivity contribution < 1.29 is 9.90 Å². The smallest absolute Gasteiger partial charge is 0.254 e. The molecule has 0 saturated heterocycles. The molecule has 0 aliphatic rings. The van der Waals surface area contributed by atoms with Crippen molar-refractivity contribution in [3.05, 3.63) is 17.5 Å². The Morgan fingerprint density at radius 2 is 2.12 bits per heavy atom. The van der Waals surface area contributed by atoms with E-state index in [4.69, 9.17) is 0 Å². The molecule has 0 aromatic carbocycles. The Hall–Kier alpha value is -1.36. The van der Waals surface area contributed by atoms with E-state index in [1.54, 1.807) is 24.9 Å². The summed E-state index contributed by atoms with van der Waals surface area (Å²) in [5, 5.41) is 16.9. The fourth-order valence-electron chi connectivity index (χ4n) is 1.66. The van der Waals surface area contributed by atoms with Gasteiger partial charge < -0.3 is 10.4 Å². The molecule has 1 aromatic heterocycles. The predicted octanol–water partition coefficient (Wildman–Crippen LogP) is 1.01. The molecule has 0 unspecified atom stereocenters. The maximum atomic E-state index is 11.9. The van der Waals surface area contributed by atoms with Gasteiger partial charge in [-0.2, -0.15) is 5.10 Å². The summed E-state index contributed by atoms with van der Waals surface area (Å²) in [6.45, 7) is 5.88. The SMILES string of the molecule is CCC(O)(CC)CNC(=O)c1cn(C)nc1C. The van der Waals surface area contributed by atoms with E-state index in [-0.39, 0.29) is 12.5 Å². The van der Waals surface area contributed by atoms with Crippen LogP contribution in [0.2, 0.25) is 0 Å². The molecule has 0 spiro atoms.